The Balaban J connectivity index is 1.55. The number of aryl methyl sites for hydroxylation is 1. The van der Waals surface area contributed by atoms with Crippen LogP contribution in [0.2, 0.25) is 0 Å². The molecule has 1 N–H and O–H groups in total. The first-order valence-corrected chi connectivity index (χ1v) is 10.2. The summed E-state index contributed by atoms with van der Waals surface area (Å²) in [5, 5.41) is 12.2. The molecule has 4 rings (SSSR count). The normalized spacial score (nSPS) is 15.5. The van der Waals surface area contributed by atoms with Crippen LogP contribution >= 0.6 is 0 Å². The number of likely N-dealkylation sites (tertiary alicyclic amines) is 1. The lowest BCUT2D eigenvalue weighted by Crippen LogP contribution is -2.48. The first-order valence-electron chi connectivity index (χ1n) is 10.2. The predicted octanol–water partition coefficient (Wildman–Crippen LogP) is 3.91. The summed E-state index contributed by atoms with van der Waals surface area (Å²) in [5.41, 5.74) is 1.64. The fourth-order valence-corrected chi connectivity index (χ4v) is 4.40. The summed E-state index contributed by atoms with van der Waals surface area (Å²) in [4.78, 5) is 28.0. The zero-order chi connectivity index (χ0) is 20.5. The van der Waals surface area contributed by atoms with Crippen LogP contribution in [-0.2, 0) is 4.79 Å². The molecule has 2 aromatic carbocycles. The lowest BCUT2D eigenvalue weighted by Gasteiger charge is -2.37. The topological polar surface area (TPSA) is 74.0 Å². The second-order valence-corrected chi connectivity index (χ2v) is 7.70. The lowest BCUT2D eigenvalue weighted by atomic mass is 10.0. The molecule has 1 aliphatic heterocycles. The van der Waals surface area contributed by atoms with E-state index in [1.54, 1.807) is 0 Å². The monoisotopic (exact) mass is 394 g/mol. The summed E-state index contributed by atoms with van der Waals surface area (Å²) < 4.78 is 6.10. The van der Waals surface area contributed by atoms with Crippen LogP contribution in [0.1, 0.15) is 35.9 Å². The van der Waals surface area contributed by atoms with Gasteiger partial charge in [0.1, 0.15) is 5.58 Å². The molecule has 29 heavy (non-hydrogen) atoms. The molecule has 0 bridgehead atoms. The predicted molar refractivity (Wildman–Crippen MR) is 112 cm³/mol. The number of carbonyl (C=O) groups is 2. The van der Waals surface area contributed by atoms with Crippen molar-refractivity contribution in [3.8, 4) is 0 Å². The van der Waals surface area contributed by atoms with Crippen molar-refractivity contribution in [3.63, 3.8) is 0 Å². The first kappa shape index (κ1) is 19.5. The summed E-state index contributed by atoms with van der Waals surface area (Å²) >= 11 is 0. The third kappa shape index (κ3) is 3.60. The molecule has 6 nitrogen and oxygen atoms in total. The summed E-state index contributed by atoms with van der Waals surface area (Å²) in [6, 6.07) is 12.3. The number of aliphatic carboxylic acids is 1. The molecule has 0 aliphatic carbocycles. The van der Waals surface area contributed by atoms with E-state index < -0.39 is 5.97 Å². The van der Waals surface area contributed by atoms with E-state index in [-0.39, 0.29) is 18.5 Å². The molecular weight excluding hydrogens is 368 g/mol. The van der Waals surface area contributed by atoms with Crippen LogP contribution in [0, 0.1) is 6.92 Å². The van der Waals surface area contributed by atoms with Crippen LogP contribution in [0.5, 0.6) is 0 Å². The van der Waals surface area contributed by atoms with Crippen LogP contribution in [0.15, 0.2) is 40.8 Å². The van der Waals surface area contributed by atoms with Crippen molar-refractivity contribution in [1.82, 2.24) is 9.80 Å². The van der Waals surface area contributed by atoms with Crippen molar-refractivity contribution in [2.24, 2.45) is 0 Å². The molecule has 0 spiro atoms. The van der Waals surface area contributed by atoms with Crippen LogP contribution in [-0.4, -0.2) is 59.0 Å². The molecule has 2 heterocycles. The average molecular weight is 394 g/mol. The highest BCUT2D eigenvalue weighted by atomic mass is 16.4. The zero-order valence-corrected chi connectivity index (χ0v) is 16.9. The van der Waals surface area contributed by atoms with E-state index in [1.807, 2.05) is 54.0 Å². The standard InChI is InChI=1S/C23H26N2O4/c1-3-24(14-20(26)27)17-10-12-25(13-11-17)23(28)21-15(2)18-9-8-16-6-4-5-7-19(16)22(18)29-21/h4-9,17H,3,10-14H2,1-2H3,(H,26,27). The molecule has 1 amide bonds. The maximum Gasteiger partial charge on any atom is 0.317 e. The van der Waals surface area contributed by atoms with Gasteiger partial charge in [0.2, 0.25) is 0 Å². The molecule has 0 unspecified atom stereocenters. The molecular formula is C23H26N2O4. The molecule has 152 valence electrons. The Hall–Kier alpha value is -2.86. The van der Waals surface area contributed by atoms with Crippen molar-refractivity contribution < 1.29 is 19.1 Å². The Morgan fingerprint density at radius 1 is 1.14 bits per heavy atom. The highest BCUT2D eigenvalue weighted by molar-refractivity contribution is 6.08. The first-order chi connectivity index (χ1) is 14.0. The number of rotatable bonds is 5. The molecule has 0 atom stereocenters. The van der Waals surface area contributed by atoms with Gasteiger partial charge in [0.05, 0.1) is 6.54 Å². The number of nitrogens with zero attached hydrogens (tertiary/aromatic N) is 2. The van der Waals surface area contributed by atoms with Gasteiger partial charge < -0.3 is 14.4 Å². The summed E-state index contributed by atoms with van der Waals surface area (Å²) in [7, 11) is 0. The zero-order valence-electron chi connectivity index (χ0n) is 16.9. The summed E-state index contributed by atoms with van der Waals surface area (Å²) in [6.07, 6.45) is 1.55. The smallest absolute Gasteiger partial charge is 0.317 e. The Morgan fingerprint density at radius 2 is 1.86 bits per heavy atom. The number of furan rings is 1. The third-order valence-electron chi connectivity index (χ3n) is 6.04. The number of piperidine rings is 1. The second-order valence-electron chi connectivity index (χ2n) is 7.70. The largest absolute Gasteiger partial charge is 0.480 e. The van der Waals surface area contributed by atoms with Gasteiger partial charge in [-0.15, -0.1) is 0 Å². The van der Waals surface area contributed by atoms with E-state index in [4.69, 9.17) is 9.52 Å². The number of hydrogen-bond acceptors (Lipinski definition) is 4. The average Bonchev–Trinajstić information content (AvgIpc) is 3.08. The van der Waals surface area contributed by atoms with Crippen molar-refractivity contribution in [1.29, 1.82) is 0 Å². The van der Waals surface area contributed by atoms with Crippen LogP contribution in [0.3, 0.4) is 0 Å². The third-order valence-corrected chi connectivity index (χ3v) is 6.04. The minimum Gasteiger partial charge on any atom is -0.480 e. The van der Waals surface area contributed by atoms with E-state index in [0.29, 0.717) is 25.4 Å². The van der Waals surface area contributed by atoms with Crippen LogP contribution < -0.4 is 0 Å². The maximum absolute atomic E-state index is 13.2. The molecule has 0 saturated carbocycles. The minimum absolute atomic E-state index is 0.0465. The van der Waals surface area contributed by atoms with Crippen molar-refractivity contribution >= 4 is 33.6 Å². The van der Waals surface area contributed by atoms with Gasteiger partial charge in [0.25, 0.3) is 5.91 Å². The molecule has 6 heteroatoms. The highest BCUT2D eigenvalue weighted by Crippen LogP contribution is 2.32. The quantitative estimate of drug-likeness (QED) is 0.710. The maximum atomic E-state index is 13.2. The van der Waals surface area contributed by atoms with Gasteiger partial charge in [-0.2, -0.15) is 0 Å². The minimum atomic E-state index is -0.810. The molecule has 3 aromatic rings. The van der Waals surface area contributed by atoms with E-state index in [0.717, 1.165) is 40.1 Å². The van der Waals surface area contributed by atoms with E-state index in [1.165, 1.54) is 0 Å². The Bertz CT molecular complexity index is 1060. The molecule has 1 aromatic heterocycles. The molecule has 1 aliphatic rings. The fourth-order valence-electron chi connectivity index (χ4n) is 4.40. The number of benzene rings is 2. The van der Waals surface area contributed by atoms with Gasteiger partial charge in [-0.25, -0.2) is 0 Å². The Labute approximate surface area is 169 Å². The van der Waals surface area contributed by atoms with Crippen molar-refractivity contribution in [2.75, 3.05) is 26.2 Å². The molecule has 0 radical (unpaired) electrons. The number of carboxylic acid groups (broad SMARTS) is 1. The second kappa shape index (κ2) is 7.87. The van der Waals surface area contributed by atoms with Crippen LogP contribution in [0.25, 0.3) is 21.7 Å². The van der Waals surface area contributed by atoms with Crippen molar-refractivity contribution in [2.45, 2.75) is 32.7 Å². The Morgan fingerprint density at radius 3 is 2.55 bits per heavy atom. The van der Waals surface area contributed by atoms with Gasteiger partial charge in [-0.3, -0.25) is 14.5 Å². The molecule has 1 fully saturated rings. The SMILES string of the molecule is CCN(CC(=O)O)C1CCN(C(=O)c2oc3c(ccc4ccccc43)c2C)CC1. The van der Waals surface area contributed by atoms with E-state index in [2.05, 4.69) is 6.07 Å². The van der Waals surface area contributed by atoms with Gasteiger partial charge in [-0.1, -0.05) is 43.3 Å². The highest BCUT2D eigenvalue weighted by Gasteiger charge is 2.30. The van der Waals surface area contributed by atoms with Gasteiger partial charge in [0.15, 0.2) is 5.76 Å². The number of carbonyl (C=O) groups excluding carboxylic acids is 1. The van der Waals surface area contributed by atoms with E-state index >= 15 is 0 Å². The number of carboxylic acids is 1. The lowest BCUT2D eigenvalue weighted by molar-refractivity contribution is -0.139. The fraction of sp³-hybridized carbons (Fsp3) is 0.391. The number of hydrogen-bond donors (Lipinski definition) is 1. The summed E-state index contributed by atoms with van der Waals surface area (Å²) in [5.74, 6) is -0.481. The van der Waals surface area contributed by atoms with Gasteiger partial charge in [0, 0.05) is 35.5 Å². The number of fused-ring (bicyclic) bond motifs is 3. The number of likely N-dealkylation sites (N-methyl/N-ethyl adjacent to an activating group) is 1. The van der Waals surface area contributed by atoms with Gasteiger partial charge >= 0.3 is 5.97 Å². The van der Waals surface area contributed by atoms with Crippen molar-refractivity contribution in [3.05, 3.63) is 47.7 Å². The summed E-state index contributed by atoms with van der Waals surface area (Å²) in [6.45, 7) is 5.87. The number of amides is 1. The van der Waals surface area contributed by atoms with E-state index in [9.17, 15) is 9.59 Å². The van der Waals surface area contributed by atoms with Gasteiger partial charge in [-0.05, 0) is 31.7 Å². The van der Waals surface area contributed by atoms with Crippen LogP contribution in [0.4, 0.5) is 0 Å². The Kier molecular flexibility index (Phi) is 5.28. The molecule has 1 saturated heterocycles.